The zero-order valence-corrected chi connectivity index (χ0v) is 12.2. The standard InChI is InChI=1S/C16H24N2O2/c1-13-6-2-3-8-15(13)20-11-5-10-18-16(19)14-7-4-9-17-12-14/h2-3,6,8,14,17H,4-5,7,9-12H2,1H3,(H,18,19). The Kier molecular flexibility index (Phi) is 5.87. The largest absolute Gasteiger partial charge is 0.493 e. The summed E-state index contributed by atoms with van der Waals surface area (Å²) in [6, 6.07) is 7.98. The van der Waals surface area contributed by atoms with Crippen LogP contribution in [0.4, 0.5) is 0 Å². The molecule has 0 spiro atoms. The number of rotatable bonds is 6. The molecule has 4 nitrogen and oxygen atoms in total. The third kappa shape index (κ3) is 4.53. The highest BCUT2D eigenvalue weighted by molar-refractivity contribution is 5.78. The molecule has 1 aromatic rings. The van der Waals surface area contributed by atoms with E-state index >= 15 is 0 Å². The SMILES string of the molecule is Cc1ccccc1OCCCNC(=O)C1CCCNC1. The molecule has 0 saturated carbocycles. The molecule has 0 aliphatic carbocycles. The van der Waals surface area contributed by atoms with Crippen LogP contribution in [0.25, 0.3) is 0 Å². The number of benzene rings is 1. The van der Waals surface area contributed by atoms with Crippen LogP contribution in [-0.4, -0.2) is 32.1 Å². The summed E-state index contributed by atoms with van der Waals surface area (Å²) in [5.74, 6) is 1.24. The maximum absolute atomic E-state index is 11.9. The van der Waals surface area contributed by atoms with Crippen molar-refractivity contribution >= 4 is 5.91 Å². The summed E-state index contributed by atoms with van der Waals surface area (Å²) in [4.78, 5) is 11.9. The van der Waals surface area contributed by atoms with Crippen molar-refractivity contribution in [2.45, 2.75) is 26.2 Å². The van der Waals surface area contributed by atoms with Gasteiger partial charge in [-0.1, -0.05) is 18.2 Å². The molecule has 2 N–H and O–H groups in total. The van der Waals surface area contributed by atoms with E-state index in [0.717, 1.165) is 43.7 Å². The molecular weight excluding hydrogens is 252 g/mol. The average molecular weight is 276 g/mol. The third-order valence-electron chi connectivity index (χ3n) is 3.64. The summed E-state index contributed by atoms with van der Waals surface area (Å²) >= 11 is 0. The maximum Gasteiger partial charge on any atom is 0.224 e. The maximum atomic E-state index is 11.9. The molecule has 110 valence electrons. The summed E-state index contributed by atoms with van der Waals surface area (Å²) in [7, 11) is 0. The van der Waals surface area contributed by atoms with Crippen LogP contribution < -0.4 is 15.4 Å². The van der Waals surface area contributed by atoms with Gasteiger partial charge < -0.3 is 15.4 Å². The minimum atomic E-state index is 0.140. The molecule has 1 saturated heterocycles. The van der Waals surface area contributed by atoms with E-state index in [1.165, 1.54) is 0 Å². The highest BCUT2D eigenvalue weighted by atomic mass is 16.5. The molecule has 1 aliphatic heterocycles. The topological polar surface area (TPSA) is 50.4 Å². The Morgan fingerprint density at radius 2 is 2.30 bits per heavy atom. The van der Waals surface area contributed by atoms with Crippen LogP contribution in [0, 0.1) is 12.8 Å². The number of hydrogen-bond donors (Lipinski definition) is 2. The Morgan fingerprint density at radius 3 is 3.05 bits per heavy atom. The van der Waals surface area contributed by atoms with Gasteiger partial charge in [-0.05, 0) is 44.4 Å². The van der Waals surface area contributed by atoms with E-state index in [9.17, 15) is 4.79 Å². The number of carbonyl (C=O) groups is 1. The van der Waals surface area contributed by atoms with Crippen LogP contribution in [0.1, 0.15) is 24.8 Å². The molecule has 0 radical (unpaired) electrons. The zero-order chi connectivity index (χ0) is 14.2. The van der Waals surface area contributed by atoms with Crippen molar-refractivity contribution in [2.75, 3.05) is 26.2 Å². The van der Waals surface area contributed by atoms with Crippen molar-refractivity contribution in [1.29, 1.82) is 0 Å². The first-order valence-electron chi connectivity index (χ1n) is 7.44. The van der Waals surface area contributed by atoms with E-state index in [1.54, 1.807) is 0 Å². The lowest BCUT2D eigenvalue weighted by Crippen LogP contribution is -2.40. The summed E-state index contributed by atoms with van der Waals surface area (Å²) in [6.45, 7) is 5.20. The van der Waals surface area contributed by atoms with Crippen LogP contribution in [0.15, 0.2) is 24.3 Å². The summed E-state index contributed by atoms with van der Waals surface area (Å²) in [6.07, 6.45) is 2.92. The monoisotopic (exact) mass is 276 g/mol. The van der Waals surface area contributed by atoms with Crippen molar-refractivity contribution in [3.63, 3.8) is 0 Å². The molecule has 20 heavy (non-hydrogen) atoms. The third-order valence-corrected chi connectivity index (χ3v) is 3.64. The summed E-state index contributed by atoms with van der Waals surface area (Å²) in [5, 5.41) is 6.25. The van der Waals surface area contributed by atoms with Gasteiger partial charge in [0.2, 0.25) is 5.91 Å². The lowest BCUT2D eigenvalue weighted by molar-refractivity contribution is -0.125. The Hall–Kier alpha value is -1.55. The number of aryl methyl sites for hydroxylation is 1. The van der Waals surface area contributed by atoms with Gasteiger partial charge in [0.05, 0.1) is 12.5 Å². The first-order valence-corrected chi connectivity index (χ1v) is 7.44. The van der Waals surface area contributed by atoms with Crippen LogP contribution in [0.3, 0.4) is 0 Å². The van der Waals surface area contributed by atoms with E-state index in [4.69, 9.17) is 4.74 Å². The minimum absolute atomic E-state index is 0.140. The number of para-hydroxylation sites is 1. The van der Waals surface area contributed by atoms with Crippen LogP contribution in [0.5, 0.6) is 5.75 Å². The van der Waals surface area contributed by atoms with E-state index in [2.05, 4.69) is 10.6 Å². The highest BCUT2D eigenvalue weighted by Gasteiger charge is 2.19. The van der Waals surface area contributed by atoms with Gasteiger partial charge in [0.15, 0.2) is 0 Å². The predicted molar refractivity (Wildman–Crippen MR) is 79.9 cm³/mol. The van der Waals surface area contributed by atoms with Crippen molar-refractivity contribution in [2.24, 2.45) is 5.92 Å². The van der Waals surface area contributed by atoms with Gasteiger partial charge in [-0.2, -0.15) is 0 Å². The fraction of sp³-hybridized carbons (Fsp3) is 0.562. The first-order chi connectivity index (χ1) is 9.77. The number of piperidine rings is 1. The van der Waals surface area contributed by atoms with E-state index in [0.29, 0.717) is 13.2 Å². The molecule has 1 atom stereocenters. The van der Waals surface area contributed by atoms with Crippen LogP contribution >= 0.6 is 0 Å². The van der Waals surface area contributed by atoms with E-state index in [-0.39, 0.29) is 11.8 Å². The Labute approximate surface area is 120 Å². The molecule has 1 unspecified atom stereocenters. The molecule has 1 amide bonds. The van der Waals surface area contributed by atoms with Gasteiger partial charge in [0, 0.05) is 13.1 Å². The number of amides is 1. The van der Waals surface area contributed by atoms with Crippen molar-refractivity contribution in [3.05, 3.63) is 29.8 Å². The van der Waals surface area contributed by atoms with Gasteiger partial charge in [0.25, 0.3) is 0 Å². The molecule has 1 aromatic carbocycles. The predicted octanol–water partition coefficient (Wildman–Crippen LogP) is 1.88. The fourth-order valence-electron chi connectivity index (χ4n) is 2.40. The molecule has 1 aliphatic rings. The second kappa shape index (κ2) is 7.90. The molecule has 0 bridgehead atoms. The molecule has 4 heteroatoms. The zero-order valence-electron chi connectivity index (χ0n) is 12.2. The van der Waals surface area contributed by atoms with Crippen LogP contribution in [0.2, 0.25) is 0 Å². The van der Waals surface area contributed by atoms with Gasteiger partial charge in [0.1, 0.15) is 5.75 Å². The van der Waals surface area contributed by atoms with Crippen molar-refractivity contribution in [3.8, 4) is 5.75 Å². The smallest absolute Gasteiger partial charge is 0.224 e. The van der Waals surface area contributed by atoms with Crippen molar-refractivity contribution < 1.29 is 9.53 Å². The second-order valence-electron chi connectivity index (χ2n) is 5.30. The van der Waals surface area contributed by atoms with Gasteiger partial charge in [-0.25, -0.2) is 0 Å². The molecule has 1 heterocycles. The number of carbonyl (C=O) groups excluding carboxylic acids is 1. The Morgan fingerprint density at radius 1 is 1.45 bits per heavy atom. The average Bonchev–Trinajstić information content (AvgIpc) is 2.49. The number of hydrogen-bond acceptors (Lipinski definition) is 3. The normalized spacial score (nSPS) is 18.6. The minimum Gasteiger partial charge on any atom is -0.493 e. The van der Waals surface area contributed by atoms with Gasteiger partial charge in [-0.3, -0.25) is 4.79 Å². The number of nitrogens with one attached hydrogen (secondary N) is 2. The highest BCUT2D eigenvalue weighted by Crippen LogP contribution is 2.16. The summed E-state index contributed by atoms with van der Waals surface area (Å²) in [5.41, 5.74) is 1.14. The Bertz CT molecular complexity index is 428. The lowest BCUT2D eigenvalue weighted by atomic mass is 9.99. The molecule has 2 rings (SSSR count). The summed E-state index contributed by atoms with van der Waals surface area (Å²) < 4.78 is 5.70. The van der Waals surface area contributed by atoms with Gasteiger partial charge >= 0.3 is 0 Å². The quantitative estimate of drug-likeness (QED) is 0.780. The fourth-order valence-corrected chi connectivity index (χ4v) is 2.40. The van der Waals surface area contributed by atoms with Crippen molar-refractivity contribution in [1.82, 2.24) is 10.6 Å². The Balaban J connectivity index is 1.59. The van der Waals surface area contributed by atoms with Gasteiger partial charge in [-0.15, -0.1) is 0 Å². The second-order valence-corrected chi connectivity index (χ2v) is 5.30. The molecular formula is C16H24N2O2. The van der Waals surface area contributed by atoms with E-state index < -0.39 is 0 Å². The van der Waals surface area contributed by atoms with E-state index in [1.807, 2.05) is 31.2 Å². The lowest BCUT2D eigenvalue weighted by Gasteiger charge is -2.21. The first kappa shape index (κ1) is 14.9. The number of ether oxygens (including phenoxy) is 1. The molecule has 0 aromatic heterocycles. The van der Waals surface area contributed by atoms with Crippen LogP contribution in [-0.2, 0) is 4.79 Å². The molecule has 1 fully saturated rings.